The molecule has 0 atom stereocenters. The predicted octanol–water partition coefficient (Wildman–Crippen LogP) is 0.846. The Bertz CT molecular complexity index is 446. The molecular weight excluding hydrogens is 218 g/mol. The summed E-state index contributed by atoms with van der Waals surface area (Å²) in [5.74, 6) is 0.0242. The quantitative estimate of drug-likeness (QED) is 0.759. The molecular formula is C12H17N3O2. The zero-order valence-electron chi connectivity index (χ0n) is 10.1. The van der Waals surface area contributed by atoms with E-state index in [1.54, 1.807) is 7.11 Å². The van der Waals surface area contributed by atoms with E-state index in [0.29, 0.717) is 18.7 Å². The third-order valence-corrected chi connectivity index (χ3v) is 2.92. The minimum absolute atomic E-state index is 0.0242. The molecule has 1 aliphatic rings. The largest absolute Gasteiger partial charge is 0.397 e. The second kappa shape index (κ2) is 4.63. The number of hydrogen-bond acceptors (Lipinski definition) is 4. The Labute approximate surface area is 101 Å². The fraction of sp³-hybridized carbons (Fsp3) is 0.417. The molecule has 0 spiro atoms. The van der Waals surface area contributed by atoms with Gasteiger partial charge in [-0.15, -0.1) is 0 Å². The van der Waals surface area contributed by atoms with Gasteiger partial charge in [-0.25, -0.2) is 0 Å². The standard InChI is InChI=1S/C12H17N3O2/c1-15(3-4-17-2)11-7-10-8(5-9(11)13)6-12(16)14-10/h5,7H,3-4,6,13H2,1-2H3,(H,14,16). The maximum atomic E-state index is 11.3. The molecule has 0 bridgehead atoms. The maximum absolute atomic E-state index is 11.3. The highest BCUT2D eigenvalue weighted by atomic mass is 16.5. The summed E-state index contributed by atoms with van der Waals surface area (Å²) in [7, 11) is 3.62. The maximum Gasteiger partial charge on any atom is 0.228 e. The number of nitrogens with two attached hydrogens (primary N) is 1. The SMILES string of the molecule is COCCN(C)c1cc2c(cc1N)CC(=O)N2. The van der Waals surface area contributed by atoms with Crippen LogP contribution in [0.4, 0.5) is 17.1 Å². The number of likely N-dealkylation sites (N-methyl/N-ethyl adjacent to an activating group) is 1. The van der Waals surface area contributed by atoms with Gasteiger partial charge in [0.05, 0.1) is 24.4 Å². The zero-order chi connectivity index (χ0) is 12.4. The summed E-state index contributed by atoms with van der Waals surface area (Å²) in [6, 6.07) is 3.79. The van der Waals surface area contributed by atoms with Gasteiger partial charge in [-0.2, -0.15) is 0 Å². The fourth-order valence-electron chi connectivity index (χ4n) is 1.96. The van der Waals surface area contributed by atoms with Crippen molar-refractivity contribution in [3.8, 4) is 0 Å². The van der Waals surface area contributed by atoms with E-state index < -0.39 is 0 Å². The minimum Gasteiger partial charge on any atom is -0.397 e. The number of nitrogen functional groups attached to an aromatic ring is 1. The molecule has 1 amide bonds. The van der Waals surface area contributed by atoms with Gasteiger partial charge < -0.3 is 20.7 Å². The van der Waals surface area contributed by atoms with Crippen molar-refractivity contribution in [1.29, 1.82) is 0 Å². The lowest BCUT2D eigenvalue weighted by atomic mass is 10.1. The molecule has 1 aromatic rings. The average Bonchev–Trinajstić information content (AvgIpc) is 2.64. The Morgan fingerprint density at radius 2 is 2.29 bits per heavy atom. The topological polar surface area (TPSA) is 67.6 Å². The molecule has 0 radical (unpaired) electrons. The van der Waals surface area contributed by atoms with Crippen molar-refractivity contribution in [3.05, 3.63) is 17.7 Å². The molecule has 2 rings (SSSR count). The number of nitrogens with one attached hydrogen (secondary N) is 1. The monoisotopic (exact) mass is 235 g/mol. The first kappa shape index (κ1) is 11.7. The number of hydrogen-bond donors (Lipinski definition) is 2. The number of amides is 1. The highest BCUT2D eigenvalue weighted by Crippen LogP contribution is 2.33. The Morgan fingerprint density at radius 3 is 3.00 bits per heavy atom. The smallest absolute Gasteiger partial charge is 0.228 e. The van der Waals surface area contributed by atoms with E-state index in [4.69, 9.17) is 10.5 Å². The van der Waals surface area contributed by atoms with Crippen molar-refractivity contribution < 1.29 is 9.53 Å². The van der Waals surface area contributed by atoms with Crippen LogP contribution in [-0.2, 0) is 16.0 Å². The third kappa shape index (κ3) is 2.34. The number of rotatable bonds is 4. The lowest BCUT2D eigenvalue weighted by Gasteiger charge is -2.21. The van der Waals surface area contributed by atoms with Gasteiger partial charge in [0, 0.05) is 26.4 Å². The highest BCUT2D eigenvalue weighted by Gasteiger charge is 2.20. The molecule has 0 unspecified atom stereocenters. The zero-order valence-corrected chi connectivity index (χ0v) is 10.1. The van der Waals surface area contributed by atoms with Crippen molar-refractivity contribution in [2.24, 2.45) is 0 Å². The summed E-state index contributed by atoms with van der Waals surface area (Å²) in [6.45, 7) is 1.40. The lowest BCUT2D eigenvalue weighted by molar-refractivity contribution is -0.115. The van der Waals surface area contributed by atoms with Crippen LogP contribution in [0.2, 0.25) is 0 Å². The Morgan fingerprint density at radius 1 is 1.53 bits per heavy atom. The normalized spacial score (nSPS) is 13.4. The van der Waals surface area contributed by atoms with Gasteiger partial charge in [0.2, 0.25) is 5.91 Å². The second-order valence-corrected chi connectivity index (χ2v) is 4.21. The van der Waals surface area contributed by atoms with Crippen LogP contribution in [0.1, 0.15) is 5.56 Å². The molecule has 0 aliphatic carbocycles. The average molecular weight is 235 g/mol. The van der Waals surface area contributed by atoms with E-state index in [9.17, 15) is 4.79 Å². The van der Waals surface area contributed by atoms with Crippen molar-refractivity contribution in [3.63, 3.8) is 0 Å². The van der Waals surface area contributed by atoms with Gasteiger partial charge in [-0.1, -0.05) is 0 Å². The van der Waals surface area contributed by atoms with Crippen LogP contribution < -0.4 is 16.0 Å². The van der Waals surface area contributed by atoms with Crippen LogP contribution in [0.5, 0.6) is 0 Å². The van der Waals surface area contributed by atoms with Crippen LogP contribution in [0.3, 0.4) is 0 Å². The Balaban J connectivity index is 2.24. The molecule has 0 saturated heterocycles. The molecule has 5 nitrogen and oxygen atoms in total. The van der Waals surface area contributed by atoms with E-state index >= 15 is 0 Å². The van der Waals surface area contributed by atoms with E-state index in [-0.39, 0.29) is 5.91 Å². The molecule has 0 fully saturated rings. The Hall–Kier alpha value is -1.75. The van der Waals surface area contributed by atoms with Gasteiger partial charge in [-0.3, -0.25) is 4.79 Å². The summed E-state index contributed by atoms with van der Waals surface area (Å²) < 4.78 is 5.03. The lowest BCUT2D eigenvalue weighted by Crippen LogP contribution is -2.23. The van der Waals surface area contributed by atoms with Gasteiger partial charge in [-0.05, 0) is 17.7 Å². The summed E-state index contributed by atoms with van der Waals surface area (Å²) in [4.78, 5) is 13.3. The van der Waals surface area contributed by atoms with Crippen LogP contribution in [-0.4, -0.2) is 33.2 Å². The Kier molecular flexibility index (Phi) is 3.19. The van der Waals surface area contributed by atoms with Gasteiger partial charge in [0.15, 0.2) is 0 Å². The van der Waals surface area contributed by atoms with E-state index in [1.165, 1.54) is 0 Å². The number of methoxy groups -OCH3 is 1. The number of benzene rings is 1. The van der Waals surface area contributed by atoms with E-state index in [1.807, 2.05) is 24.1 Å². The molecule has 3 N–H and O–H groups in total. The first-order valence-corrected chi connectivity index (χ1v) is 5.54. The first-order chi connectivity index (χ1) is 8.11. The summed E-state index contributed by atoms with van der Waals surface area (Å²) in [5.41, 5.74) is 9.44. The number of fused-ring (bicyclic) bond motifs is 1. The number of carbonyl (C=O) groups is 1. The van der Waals surface area contributed by atoms with E-state index in [2.05, 4.69) is 5.32 Å². The first-order valence-electron chi connectivity index (χ1n) is 5.54. The van der Waals surface area contributed by atoms with Crippen LogP contribution in [0.25, 0.3) is 0 Å². The van der Waals surface area contributed by atoms with Crippen LogP contribution in [0.15, 0.2) is 12.1 Å². The van der Waals surface area contributed by atoms with Crippen molar-refractivity contribution in [2.75, 3.05) is 43.3 Å². The number of anilines is 3. The number of nitrogens with zero attached hydrogens (tertiary/aromatic N) is 1. The molecule has 17 heavy (non-hydrogen) atoms. The minimum atomic E-state index is 0.0242. The summed E-state index contributed by atoms with van der Waals surface area (Å²) in [6.07, 6.45) is 0.418. The number of ether oxygens (including phenoxy) is 1. The molecule has 0 aromatic heterocycles. The molecule has 1 aliphatic heterocycles. The van der Waals surface area contributed by atoms with E-state index in [0.717, 1.165) is 23.5 Å². The second-order valence-electron chi connectivity index (χ2n) is 4.21. The van der Waals surface area contributed by atoms with Gasteiger partial charge in [0.1, 0.15) is 0 Å². The molecule has 5 heteroatoms. The number of carbonyl (C=O) groups excluding carboxylic acids is 1. The molecule has 1 aromatic carbocycles. The molecule has 92 valence electrons. The van der Waals surface area contributed by atoms with Crippen LogP contribution in [0, 0.1) is 0 Å². The van der Waals surface area contributed by atoms with Crippen molar-refractivity contribution in [1.82, 2.24) is 0 Å². The van der Waals surface area contributed by atoms with Gasteiger partial charge in [0.25, 0.3) is 0 Å². The fourth-order valence-corrected chi connectivity index (χ4v) is 1.96. The van der Waals surface area contributed by atoms with Crippen molar-refractivity contribution in [2.45, 2.75) is 6.42 Å². The highest BCUT2D eigenvalue weighted by molar-refractivity contribution is 6.00. The summed E-state index contributed by atoms with van der Waals surface area (Å²) >= 11 is 0. The third-order valence-electron chi connectivity index (χ3n) is 2.92. The van der Waals surface area contributed by atoms with Gasteiger partial charge >= 0.3 is 0 Å². The predicted molar refractivity (Wildman–Crippen MR) is 68.3 cm³/mol. The van der Waals surface area contributed by atoms with Crippen LogP contribution >= 0.6 is 0 Å². The van der Waals surface area contributed by atoms with Crippen molar-refractivity contribution >= 4 is 23.0 Å². The molecule has 0 saturated carbocycles. The summed E-state index contributed by atoms with van der Waals surface area (Å²) in [5, 5.41) is 2.82. The molecule has 1 heterocycles.